The fourth-order valence-corrected chi connectivity index (χ4v) is 1.14. The summed E-state index contributed by atoms with van der Waals surface area (Å²) < 4.78 is 83.7. The van der Waals surface area contributed by atoms with Gasteiger partial charge in [-0.2, -0.15) is 8.42 Å². The van der Waals surface area contributed by atoms with Crippen molar-refractivity contribution in [2.45, 2.75) is 18.4 Å². The van der Waals surface area contributed by atoms with Crippen LogP contribution in [0.1, 0.15) is 12.8 Å². The minimum Gasteiger partial charge on any atom is 0 e. The Balaban J connectivity index is -0.000000498. The molecule has 0 fully saturated rings. The summed E-state index contributed by atoms with van der Waals surface area (Å²) in [5.41, 5.74) is -3.02. The van der Waals surface area contributed by atoms with Crippen LogP contribution in [0.5, 0.6) is 0 Å². The predicted octanol–water partition coefficient (Wildman–Crippen LogP) is -5.89. The van der Waals surface area contributed by atoms with Crippen molar-refractivity contribution in [3.8, 4) is 0 Å². The van der Waals surface area contributed by atoms with Crippen LogP contribution in [-0.4, -0.2) is 79.3 Å². The zero-order valence-electron chi connectivity index (χ0n) is 12.6. The molecule has 1 atom stereocenters. The molecule has 0 aromatic carbocycles. The van der Waals surface area contributed by atoms with Crippen molar-refractivity contribution in [3.05, 3.63) is 0 Å². The number of carbonyl (C=O) groups is 3. The Morgan fingerprint density at radius 1 is 0.885 bits per heavy atom. The van der Waals surface area contributed by atoms with Gasteiger partial charge in [0.05, 0.1) is 12.8 Å². The molecule has 17 nitrogen and oxygen atoms in total. The van der Waals surface area contributed by atoms with Crippen molar-refractivity contribution in [2.75, 3.05) is 0 Å². The van der Waals surface area contributed by atoms with E-state index in [1.165, 1.54) is 0 Å². The van der Waals surface area contributed by atoms with Crippen molar-refractivity contribution >= 4 is 28.3 Å². The fraction of sp³-hybridized carbons (Fsp3) is 0.500. The van der Waals surface area contributed by atoms with Gasteiger partial charge in [-0.05, 0) is 0 Å². The average Bonchev–Trinajstić information content (AvgIpc) is 2.04. The third-order valence-corrected chi connectivity index (χ3v) is 1.87. The Morgan fingerprint density at radius 2 is 1.19 bits per heavy atom. The zero-order chi connectivity index (χ0) is 21.2. The van der Waals surface area contributed by atoms with E-state index in [4.69, 9.17) is 42.3 Å². The molecule has 0 aliphatic heterocycles. The molecule has 11 N–H and O–H groups in total. The number of aliphatic carboxylic acids is 2. The second kappa shape index (κ2) is 6.69. The SMILES string of the molecule is O=C(O)CC(O)(CC(=O)OS(=O)(=O)O)C(=O)O.[OH][Zn]([OH])([OH])([OH])([OH])([OH])[OH].[Zn]. The van der Waals surface area contributed by atoms with Crippen molar-refractivity contribution < 1.29 is 108 Å². The quantitative estimate of drug-likeness (QED) is 0.114. The van der Waals surface area contributed by atoms with E-state index in [0.717, 1.165) is 0 Å². The van der Waals surface area contributed by atoms with Crippen molar-refractivity contribution in [2.24, 2.45) is 0 Å². The normalized spacial score (nSPS) is 18.0. The molecule has 0 aliphatic carbocycles. The first-order valence-corrected chi connectivity index (χ1v) is 16.7. The van der Waals surface area contributed by atoms with E-state index in [2.05, 4.69) is 4.18 Å². The molecule has 0 aromatic rings. The Labute approximate surface area is 154 Å². The van der Waals surface area contributed by atoms with Crippen LogP contribution in [0.25, 0.3) is 0 Å². The van der Waals surface area contributed by atoms with Crippen LogP contribution < -0.4 is 0 Å². The summed E-state index contributed by atoms with van der Waals surface area (Å²) in [5, 5.41) is 26.1. The predicted molar refractivity (Wildman–Crippen MR) is 62.6 cm³/mol. The van der Waals surface area contributed by atoms with Gasteiger partial charge in [-0.1, -0.05) is 0 Å². The van der Waals surface area contributed by atoms with Crippen LogP contribution >= 0.6 is 0 Å². The van der Waals surface area contributed by atoms with Crippen LogP contribution in [0.3, 0.4) is 0 Å². The number of rotatable bonds is 6. The molecule has 0 radical (unpaired) electrons. The summed E-state index contributed by atoms with van der Waals surface area (Å²) >= 11 is -9.91. The number of carboxylic acid groups (broad SMARTS) is 2. The molecule has 0 rings (SSSR count). The largest absolute Gasteiger partial charge is 0 e. The van der Waals surface area contributed by atoms with Crippen LogP contribution in [0.15, 0.2) is 0 Å². The molecule has 0 heterocycles. The van der Waals surface area contributed by atoms with Crippen LogP contribution in [-0.2, 0) is 62.2 Å². The average molecular weight is 522 g/mol. The minimum atomic E-state index is -9.91. The Hall–Kier alpha value is -0.753. The third kappa shape index (κ3) is 28.1. The topological polar surface area (TPSA) is 317 Å². The smallest absolute Gasteiger partial charge is 0 e. The molecule has 0 bridgehead atoms. The van der Waals surface area contributed by atoms with E-state index in [1.54, 1.807) is 0 Å². The summed E-state index contributed by atoms with van der Waals surface area (Å²) in [6.45, 7) is 0. The molecule has 0 spiro atoms. The Bertz CT molecular complexity index is 658. The summed E-state index contributed by atoms with van der Waals surface area (Å²) in [7, 11) is -5.15. The zero-order valence-corrected chi connectivity index (χ0v) is 19.4. The molecular weight excluding hydrogens is 507 g/mol. The van der Waals surface area contributed by atoms with Gasteiger partial charge in [0.15, 0.2) is 5.60 Å². The van der Waals surface area contributed by atoms with Gasteiger partial charge in [0.25, 0.3) is 0 Å². The van der Waals surface area contributed by atoms with Gasteiger partial charge in [-0.3, -0.25) is 14.1 Å². The molecule has 26 heavy (non-hydrogen) atoms. The van der Waals surface area contributed by atoms with Crippen LogP contribution in [0, 0.1) is 0 Å². The number of hydrogen-bond donors (Lipinski definition) is 11. The molecule has 20 heteroatoms. The van der Waals surface area contributed by atoms with Gasteiger partial charge in [0.2, 0.25) is 0 Å². The third-order valence-electron chi connectivity index (χ3n) is 1.48. The number of hydrogen-bond acceptors (Lipinski definition) is 14. The molecule has 0 aliphatic rings. The van der Waals surface area contributed by atoms with Crippen molar-refractivity contribution in [3.63, 3.8) is 0 Å². The first-order valence-electron chi connectivity index (χ1n) is 6.05. The van der Waals surface area contributed by atoms with Crippen LogP contribution in [0.4, 0.5) is 0 Å². The van der Waals surface area contributed by atoms with Gasteiger partial charge < -0.3 is 19.5 Å². The van der Waals surface area contributed by atoms with Gasteiger partial charge in [-0.25, -0.2) is 4.79 Å². The molecular formula is C6H15O17SZn2. The molecule has 0 saturated carbocycles. The molecule has 0 aromatic heterocycles. The number of carboxylic acids is 2. The molecule has 1 unspecified atom stereocenters. The van der Waals surface area contributed by atoms with E-state index in [0.29, 0.717) is 0 Å². The van der Waals surface area contributed by atoms with E-state index in [-0.39, 0.29) is 19.5 Å². The summed E-state index contributed by atoms with van der Waals surface area (Å²) in [6.07, 6.45) is -2.79. The van der Waals surface area contributed by atoms with Gasteiger partial charge in [0.1, 0.15) is 0 Å². The van der Waals surface area contributed by atoms with E-state index in [1.807, 2.05) is 0 Å². The maximum Gasteiger partial charge on any atom is 0 e. The Morgan fingerprint density at radius 3 is 1.38 bits per heavy atom. The standard InChI is InChI=1S/C6H8O10S.7H2O.2Zn/c7-3(8)1-6(12,5(10)11)2-4(9)16-17(13,14)15;;;;;;;;;/h12H,1-2H2,(H,7,8)(H,10,11)(H,13,14,15);7*1H2;;/q;;;;;;;;;+7/p-7. The first-order chi connectivity index (χ1) is 10.1. The van der Waals surface area contributed by atoms with Crippen molar-refractivity contribution in [1.82, 2.24) is 0 Å². The number of aliphatic hydroxyl groups is 1. The van der Waals surface area contributed by atoms with E-state index < -0.39 is 60.5 Å². The summed E-state index contributed by atoms with van der Waals surface area (Å²) in [6, 6.07) is 0. The Kier molecular flexibility index (Phi) is 7.72. The second-order valence-corrected chi connectivity index (χ2v) is 19.4. The summed E-state index contributed by atoms with van der Waals surface area (Å²) in [4.78, 5) is 31.6. The van der Waals surface area contributed by atoms with Gasteiger partial charge in [0, 0.05) is 19.5 Å². The molecule has 0 amide bonds. The maximum absolute atomic E-state index is 10.8. The van der Waals surface area contributed by atoms with Gasteiger partial charge >= 0.3 is 69.6 Å². The van der Waals surface area contributed by atoms with E-state index in [9.17, 15) is 27.9 Å². The second-order valence-electron chi connectivity index (χ2n) is 5.94. The fourth-order valence-electron chi connectivity index (χ4n) is 0.850. The minimum absolute atomic E-state index is 0. The van der Waals surface area contributed by atoms with E-state index >= 15 is 0 Å². The van der Waals surface area contributed by atoms with Gasteiger partial charge in [-0.15, -0.1) is 0 Å². The number of carbonyl (C=O) groups excluding carboxylic acids is 1. The maximum atomic E-state index is 10.8. The monoisotopic (exact) mass is 519 g/mol. The molecule has 0 saturated heterocycles. The summed E-state index contributed by atoms with van der Waals surface area (Å²) in [5.74, 6) is -5.58. The first kappa shape index (κ1) is 30.0. The van der Waals surface area contributed by atoms with Crippen molar-refractivity contribution in [1.29, 1.82) is 0 Å². The van der Waals surface area contributed by atoms with Crippen LogP contribution in [0.2, 0.25) is 0 Å². The molecule has 151 valence electrons.